The molecule has 132 valence electrons. The Kier molecular flexibility index (Phi) is 7.06. The summed E-state index contributed by atoms with van der Waals surface area (Å²) in [7, 11) is 0. The highest BCUT2D eigenvalue weighted by Crippen LogP contribution is 2.27. The summed E-state index contributed by atoms with van der Waals surface area (Å²) in [6.07, 6.45) is 5.28. The quantitative estimate of drug-likeness (QED) is 0.798. The molecule has 6 heteroatoms. The molecule has 1 saturated heterocycles. The van der Waals surface area contributed by atoms with Gasteiger partial charge < -0.3 is 15.5 Å². The van der Waals surface area contributed by atoms with Crippen molar-refractivity contribution in [2.45, 2.75) is 44.6 Å². The van der Waals surface area contributed by atoms with E-state index in [4.69, 9.17) is 0 Å². The van der Waals surface area contributed by atoms with Crippen molar-refractivity contribution in [2.75, 3.05) is 24.5 Å². The Morgan fingerprint density at radius 2 is 2.08 bits per heavy atom. The number of carbonyl (C=O) groups excluding carboxylic acids is 2. The molecule has 1 atom stereocenters. The van der Waals surface area contributed by atoms with Crippen LogP contribution in [0.25, 0.3) is 0 Å². The van der Waals surface area contributed by atoms with Crippen LogP contribution in [0.15, 0.2) is 24.3 Å². The third kappa shape index (κ3) is 4.48. The number of rotatable bonds is 5. The smallest absolute Gasteiger partial charge is 0.237 e. The van der Waals surface area contributed by atoms with Crippen LogP contribution in [0.1, 0.15) is 37.7 Å². The molecule has 5 nitrogen and oxygen atoms in total. The number of benzene rings is 1. The highest BCUT2D eigenvalue weighted by molar-refractivity contribution is 5.95. The molecule has 2 amide bonds. The van der Waals surface area contributed by atoms with E-state index in [-0.39, 0.29) is 30.3 Å². The van der Waals surface area contributed by atoms with E-state index < -0.39 is 0 Å². The highest BCUT2D eigenvalue weighted by Gasteiger charge is 2.24. The Labute approximate surface area is 149 Å². The van der Waals surface area contributed by atoms with E-state index in [0.717, 1.165) is 44.5 Å². The van der Waals surface area contributed by atoms with Crippen molar-refractivity contribution < 1.29 is 9.59 Å². The van der Waals surface area contributed by atoms with Crippen LogP contribution in [-0.2, 0) is 16.0 Å². The van der Waals surface area contributed by atoms with Crippen molar-refractivity contribution in [3.8, 4) is 0 Å². The summed E-state index contributed by atoms with van der Waals surface area (Å²) in [5.74, 6) is 0.226. The van der Waals surface area contributed by atoms with E-state index in [1.165, 1.54) is 5.56 Å². The third-order valence-corrected chi connectivity index (χ3v) is 4.68. The SMILES string of the molecule is Cl.O=C(NCCCC(=O)N1CCc2ccccc21)C1CCCCN1. The molecule has 1 aromatic carbocycles. The van der Waals surface area contributed by atoms with Crippen LogP contribution in [0.4, 0.5) is 5.69 Å². The van der Waals surface area contributed by atoms with Gasteiger partial charge in [0.25, 0.3) is 0 Å². The van der Waals surface area contributed by atoms with Gasteiger partial charge in [-0.25, -0.2) is 0 Å². The van der Waals surface area contributed by atoms with Crippen LogP contribution in [0.2, 0.25) is 0 Å². The van der Waals surface area contributed by atoms with Gasteiger partial charge in [0.2, 0.25) is 11.8 Å². The Morgan fingerprint density at radius 1 is 1.25 bits per heavy atom. The molecule has 0 spiro atoms. The van der Waals surface area contributed by atoms with Gasteiger partial charge >= 0.3 is 0 Å². The summed E-state index contributed by atoms with van der Waals surface area (Å²) in [6.45, 7) is 2.26. The fourth-order valence-corrected chi connectivity index (χ4v) is 3.38. The van der Waals surface area contributed by atoms with Gasteiger partial charge in [-0.05, 0) is 43.9 Å². The van der Waals surface area contributed by atoms with Gasteiger partial charge in [0.15, 0.2) is 0 Å². The molecule has 24 heavy (non-hydrogen) atoms. The molecule has 1 unspecified atom stereocenters. The molecule has 1 fully saturated rings. The number of carbonyl (C=O) groups is 2. The van der Waals surface area contributed by atoms with Crippen molar-refractivity contribution in [3.63, 3.8) is 0 Å². The second-order valence-corrected chi connectivity index (χ2v) is 6.32. The predicted molar refractivity (Wildman–Crippen MR) is 97.6 cm³/mol. The van der Waals surface area contributed by atoms with Crippen molar-refractivity contribution in [1.29, 1.82) is 0 Å². The summed E-state index contributed by atoms with van der Waals surface area (Å²) in [6, 6.07) is 8.03. The number of piperidine rings is 1. The van der Waals surface area contributed by atoms with Crippen LogP contribution in [0.3, 0.4) is 0 Å². The first kappa shape index (κ1) is 18.7. The average molecular weight is 352 g/mol. The number of amides is 2. The van der Waals surface area contributed by atoms with Crippen LogP contribution >= 0.6 is 12.4 Å². The highest BCUT2D eigenvalue weighted by atomic mass is 35.5. The molecule has 1 aromatic rings. The Morgan fingerprint density at radius 3 is 2.88 bits per heavy atom. The summed E-state index contributed by atoms with van der Waals surface area (Å²) < 4.78 is 0. The number of nitrogens with zero attached hydrogens (tertiary/aromatic N) is 1. The summed E-state index contributed by atoms with van der Waals surface area (Å²) in [4.78, 5) is 26.2. The monoisotopic (exact) mass is 351 g/mol. The molecule has 2 aliphatic heterocycles. The number of fused-ring (bicyclic) bond motifs is 1. The van der Waals surface area contributed by atoms with Crippen LogP contribution in [0, 0.1) is 0 Å². The first-order valence-electron chi connectivity index (χ1n) is 8.65. The normalized spacial score (nSPS) is 19.3. The molecular weight excluding hydrogens is 326 g/mol. The van der Waals surface area contributed by atoms with Gasteiger partial charge in [0.05, 0.1) is 6.04 Å². The van der Waals surface area contributed by atoms with Gasteiger partial charge in [-0.3, -0.25) is 9.59 Å². The summed E-state index contributed by atoms with van der Waals surface area (Å²) in [5, 5.41) is 6.18. The van der Waals surface area contributed by atoms with E-state index in [9.17, 15) is 9.59 Å². The number of anilines is 1. The molecule has 0 radical (unpaired) electrons. The van der Waals surface area contributed by atoms with Gasteiger partial charge in [0, 0.05) is 25.2 Å². The van der Waals surface area contributed by atoms with Crippen molar-refractivity contribution >= 4 is 29.9 Å². The molecule has 2 N–H and O–H groups in total. The number of nitrogens with one attached hydrogen (secondary N) is 2. The maximum absolute atomic E-state index is 12.4. The number of para-hydroxylation sites is 1. The summed E-state index contributed by atoms with van der Waals surface area (Å²) in [5.41, 5.74) is 2.30. The van der Waals surface area contributed by atoms with Gasteiger partial charge in [-0.15, -0.1) is 12.4 Å². The number of halogens is 1. The lowest BCUT2D eigenvalue weighted by atomic mass is 10.0. The zero-order chi connectivity index (χ0) is 16.1. The van der Waals surface area contributed by atoms with E-state index in [0.29, 0.717) is 19.4 Å². The minimum atomic E-state index is -0.0510. The van der Waals surface area contributed by atoms with Gasteiger partial charge in [0.1, 0.15) is 0 Å². The second-order valence-electron chi connectivity index (χ2n) is 6.32. The average Bonchev–Trinajstić information content (AvgIpc) is 3.03. The van der Waals surface area contributed by atoms with Crippen LogP contribution < -0.4 is 15.5 Å². The first-order chi connectivity index (χ1) is 11.3. The zero-order valence-electron chi connectivity index (χ0n) is 13.9. The molecule has 0 saturated carbocycles. The van der Waals surface area contributed by atoms with E-state index in [1.807, 2.05) is 23.1 Å². The number of hydrogen-bond donors (Lipinski definition) is 2. The Hall–Kier alpha value is -1.59. The largest absolute Gasteiger partial charge is 0.355 e. The lowest BCUT2D eigenvalue weighted by Crippen LogP contribution is -2.46. The van der Waals surface area contributed by atoms with Crippen molar-refractivity contribution in [2.24, 2.45) is 0 Å². The molecular formula is C18H26ClN3O2. The van der Waals surface area contributed by atoms with Crippen LogP contribution in [-0.4, -0.2) is 37.5 Å². The van der Waals surface area contributed by atoms with Gasteiger partial charge in [-0.2, -0.15) is 0 Å². The molecule has 2 aliphatic rings. The fourth-order valence-electron chi connectivity index (χ4n) is 3.38. The van der Waals surface area contributed by atoms with Crippen molar-refractivity contribution in [1.82, 2.24) is 10.6 Å². The minimum Gasteiger partial charge on any atom is -0.355 e. The second kappa shape index (κ2) is 9.04. The zero-order valence-corrected chi connectivity index (χ0v) is 14.7. The lowest BCUT2D eigenvalue weighted by molar-refractivity contribution is -0.124. The van der Waals surface area contributed by atoms with E-state index in [2.05, 4.69) is 16.7 Å². The van der Waals surface area contributed by atoms with Crippen molar-refractivity contribution in [3.05, 3.63) is 29.8 Å². The molecule has 3 rings (SSSR count). The topological polar surface area (TPSA) is 61.4 Å². The standard InChI is InChI=1S/C18H25N3O2.ClH/c22-17(21-13-10-14-6-1-2-8-16(14)21)9-5-12-20-18(23)15-7-3-4-11-19-15;/h1-2,6,8,15,19H,3-5,7,9-13H2,(H,20,23);1H. The van der Waals surface area contributed by atoms with E-state index in [1.54, 1.807) is 0 Å². The number of hydrogen-bond acceptors (Lipinski definition) is 3. The maximum atomic E-state index is 12.4. The molecule has 0 aromatic heterocycles. The Balaban J connectivity index is 0.00000208. The van der Waals surface area contributed by atoms with Gasteiger partial charge in [-0.1, -0.05) is 24.6 Å². The Bertz CT molecular complexity index is 573. The maximum Gasteiger partial charge on any atom is 0.237 e. The van der Waals surface area contributed by atoms with E-state index >= 15 is 0 Å². The molecule has 0 bridgehead atoms. The first-order valence-corrected chi connectivity index (χ1v) is 8.65. The predicted octanol–water partition coefficient (Wildman–Crippen LogP) is 2.04. The molecule has 2 heterocycles. The third-order valence-electron chi connectivity index (χ3n) is 4.68. The lowest BCUT2D eigenvalue weighted by Gasteiger charge is -2.22. The summed E-state index contributed by atoms with van der Waals surface area (Å²) >= 11 is 0. The molecule has 0 aliphatic carbocycles. The fraction of sp³-hybridized carbons (Fsp3) is 0.556. The van der Waals surface area contributed by atoms with Crippen LogP contribution in [0.5, 0.6) is 0 Å². The minimum absolute atomic E-state index is 0.